The van der Waals surface area contributed by atoms with Gasteiger partial charge in [0.2, 0.25) is 5.91 Å². The molecule has 0 bridgehead atoms. The first-order valence-electron chi connectivity index (χ1n) is 5.88. The molecule has 1 heterocycles. The summed E-state index contributed by atoms with van der Waals surface area (Å²) in [5.41, 5.74) is 0. The second-order valence-electron chi connectivity index (χ2n) is 3.59. The third-order valence-corrected chi connectivity index (χ3v) is 4.28. The van der Waals surface area contributed by atoms with Crippen molar-refractivity contribution in [1.82, 2.24) is 4.90 Å². The standard InChI is InChI=1S/C13H17NO3S2/c1-3-7-14(9-12(16)17-4-2)11(15)10-19-13-6-5-8-18-13/h3,5-6,8H,1,4,7,9-10H2,2H3. The van der Waals surface area contributed by atoms with Gasteiger partial charge in [-0.25, -0.2) is 0 Å². The van der Waals surface area contributed by atoms with Crippen molar-refractivity contribution in [3.8, 4) is 0 Å². The number of hydrogen-bond donors (Lipinski definition) is 0. The maximum absolute atomic E-state index is 12.0. The van der Waals surface area contributed by atoms with Crippen molar-refractivity contribution >= 4 is 35.0 Å². The van der Waals surface area contributed by atoms with Crippen LogP contribution in [0.4, 0.5) is 0 Å². The molecule has 0 fully saturated rings. The molecule has 0 spiro atoms. The minimum absolute atomic E-state index is 0.0241. The van der Waals surface area contributed by atoms with Gasteiger partial charge in [0.25, 0.3) is 0 Å². The first kappa shape index (κ1) is 15.8. The normalized spacial score (nSPS) is 9.95. The number of thiophene rings is 1. The molecule has 0 aliphatic rings. The van der Waals surface area contributed by atoms with E-state index in [0.29, 0.717) is 18.9 Å². The Bertz CT molecular complexity index is 418. The molecule has 6 heteroatoms. The van der Waals surface area contributed by atoms with Crippen molar-refractivity contribution in [1.29, 1.82) is 0 Å². The predicted molar refractivity (Wildman–Crippen MR) is 78.5 cm³/mol. The van der Waals surface area contributed by atoms with Crippen molar-refractivity contribution in [2.24, 2.45) is 0 Å². The van der Waals surface area contributed by atoms with E-state index in [1.807, 2.05) is 17.5 Å². The molecule has 1 aromatic heterocycles. The molecule has 0 saturated carbocycles. The fourth-order valence-corrected chi connectivity index (χ4v) is 3.03. The molecule has 0 aliphatic heterocycles. The number of carbonyl (C=O) groups excluding carboxylic acids is 2. The zero-order valence-electron chi connectivity index (χ0n) is 10.8. The van der Waals surface area contributed by atoms with E-state index < -0.39 is 0 Å². The fourth-order valence-electron chi connectivity index (χ4n) is 1.34. The summed E-state index contributed by atoms with van der Waals surface area (Å²) in [5.74, 6) is -0.168. The number of rotatable bonds is 8. The predicted octanol–water partition coefficient (Wildman–Crippen LogP) is 2.42. The van der Waals surface area contributed by atoms with Crippen LogP contribution in [0, 0.1) is 0 Å². The van der Waals surface area contributed by atoms with Gasteiger partial charge in [-0.05, 0) is 18.4 Å². The molecule has 19 heavy (non-hydrogen) atoms. The molecule has 0 N–H and O–H groups in total. The molecule has 1 rings (SSSR count). The van der Waals surface area contributed by atoms with E-state index in [1.54, 1.807) is 24.3 Å². The number of esters is 1. The van der Waals surface area contributed by atoms with Gasteiger partial charge >= 0.3 is 5.97 Å². The van der Waals surface area contributed by atoms with Gasteiger partial charge in [-0.2, -0.15) is 0 Å². The number of ether oxygens (including phenoxy) is 1. The van der Waals surface area contributed by atoms with Crippen LogP contribution in [0.2, 0.25) is 0 Å². The summed E-state index contributed by atoms with van der Waals surface area (Å²) < 4.78 is 5.93. The largest absolute Gasteiger partial charge is 0.465 e. The lowest BCUT2D eigenvalue weighted by atomic mass is 10.4. The number of hydrogen-bond acceptors (Lipinski definition) is 5. The van der Waals surface area contributed by atoms with E-state index in [1.165, 1.54) is 16.7 Å². The van der Waals surface area contributed by atoms with Crippen LogP contribution in [0.25, 0.3) is 0 Å². The van der Waals surface area contributed by atoms with E-state index in [0.717, 1.165) is 4.21 Å². The van der Waals surface area contributed by atoms with Crippen LogP contribution in [0.1, 0.15) is 6.92 Å². The summed E-state index contributed by atoms with van der Waals surface area (Å²) in [5, 5.41) is 1.97. The molecule has 4 nitrogen and oxygen atoms in total. The lowest BCUT2D eigenvalue weighted by Crippen LogP contribution is -2.37. The summed E-state index contributed by atoms with van der Waals surface area (Å²) in [6.07, 6.45) is 1.60. The van der Waals surface area contributed by atoms with Gasteiger partial charge < -0.3 is 9.64 Å². The van der Waals surface area contributed by atoms with E-state index in [4.69, 9.17) is 4.74 Å². The lowest BCUT2D eigenvalue weighted by Gasteiger charge is -2.19. The average molecular weight is 299 g/mol. The summed E-state index contributed by atoms with van der Waals surface area (Å²) >= 11 is 3.06. The van der Waals surface area contributed by atoms with E-state index in [-0.39, 0.29) is 18.4 Å². The second-order valence-corrected chi connectivity index (χ2v) is 5.81. The monoisotopic (exact) mass is 299 g/mol. The Kier molecular flexibility index (Phi) is 7.28. The molecule has 1 amide bonds. The van der Waals surface area contributed by atoms with Gasteiger partial charge in [0, 0.05) is 6.54 Å². The van der Waals surface area contributed by atoms with Crippen molar-refractivity contribution in [3.63, 3.8) is 0 Å². The number of amides is 1. The SMILES string of the molecule is C=CCN(CC(=O)OCC)C(=O)CSc1cccs1. The number of carbonyl (C=O) groups is 2. The quantitative estimate of drug-likeness (QED) is 0.420. The highest BCUT2D eigenvalue weighted by Gasteiger charge is 2.16. The highest BCUT2D eigenvalue weighted by Crippen LogP contribution is 2.23. The van der Waals surface area contributed by atoms with Crippen molar-refractivity contribution in [3.05, 3.63) is 30.2 Å². The maximum Gasteiger partial charge on any atom is 0.325 e. The maximum atomic E-state index is 12.0. The zero-order valence-corrected chi connectivity index (χ0v) is 12.5. The Morgan fingerprint density at radius 1 is 1.58 bits per heavy atom. The van der Waals surface area contributed by atoms with Crippen molar-refractivity contribution in [2.45, 2.75) is 11.1 Å². The molecule has 104 valence electrons. The minimum Gasteiger partial charge on any atom is -0.465 e. The third kappa shape index (κ3) is 5.94. The van der Waals surface area contributed by atoms with Gasteiger partial charge in [0.1, 0.15) is 6.54 Å². The molecular formula is C13H17NO3S2. The van der Waals surface area contributed by atoms with E-state index >= 15 is 0 Å². The highest BCUT2D eigenvalue weighted by atomic mass is 32.2. The van der Waals surface area contributed by atoms with E-state index in [2.05, 4.69) is 6.58 Å². The van der Waals surface area contributed by atoms with Crippen LogP contribution in [0.5, 0.6) is 0 Å². The van der Waals surface area contributed by atoms with Gasteiger partial charge in [-0.3, -0.25) is 9.59 Å². The molecule has 0 aliphatic carbocycles. The lowest BCUT2D eigenvalue weighted by molar-refractivity contribution is -0.147. The molecule has 0 aromatic carbocycles. The van der Waals surface area contributed by atoms with Crippen molar-refractivity contribution in [2.75, 3.05) is 25.4 Å². The Morgan fingerprint density at radius 3 is 2.95 bits per heavy atom. The fraction of sp³-hybridized carbons (Fsp3) is 0.385. The van der Waals surface area contributed by atoms with Crippen molar-refractivity contribution < 1.29 is 14.3 Å². The zero-order chi connectivity index (χ0) is 14.1. The summed E-state index contributed by atoms with van der Waals surface area (Å²) in [6, 6.07) is 3.91. The second kappa shape index (κ2) is 8.77. The van der Waals surface area contributed by atoms with Crippen LogP contribution in [-0.2, 0) is 14.3 Å². The summed E-state index contributed by atoms with van der Waals surface area (Å²) in [6.45, 7) is 5.98. The minimum atomic E-state index is -0.390. The topological polar surface area (TPSA) is 46.6 Å². The van der Waals surface area contributed by atoms with Crippen LogP contribution in [0.15, 0.2) is 34.4 Å². The van der Waals surface area contributed by atoms with E-state index in [9.17, 15) is 9.59 Å². The van der Waals surface area contributed by atoms with Gasteiger partial charge in [-0.1, -0.05) is 12.1 Å². The van der Waals surface area contributed by atoms with Crippen LogP contribution >= 0.6 is 23.1 Å². The Balaban J connectivity index is 2.47. The third-order valence-electron chi connectivity index (χ3n) is 2.16. The molecule has 0 unspecified atom stereocenters. The molecule has 0 saturated heterocycles. The molecule has 0 atom stereocenters. The van der Waals surface area contributed by atoms with Gasteiger partial charge in [-0.15, -0.1) is 29.7 Å². The molecule has 0 radical (unpaired) electrons. The Morgan fingerprint density at radius 2 is 2.37 bits per heavy atom. The first-order chi connectivity index (χ1) is 9.17. The average Bonchev–Trinajstić information content (AvgIpc) is 2.89. The summed E-state index contributed by atoms with van der Waals surface area (Å²) in [4.78, 5) is 24.9. The Hall–Kier alpha value is -1.27. The van der Waals surface area contributed by atoms with Gasteiger partial charge in [0.05, 0.1) is 16.6 Å². The highest BCUT2D eigenvalue weighted by molar-refractivity contribution is 8.01. The first-order valence-corrected chi connectivity index (χ1v) is 7.74. The van der Waals surface area contributed by atoms with Gasteiger partial charge in [0.15, 0.2) is 0 Å². The van der Waals surface area contributed by atoms with Crippen LogP contribution < -0.4 is 0 Å². The number of nitrogens with zero attached hydrogens (tertiary/aromatic N) is 1. The van der Waals surface area contributed by atoms with Crippen LogP contribution in [0.3, 0.4) is 0 Å². The summed E-state index contributed by atoms with van der Waals surface area (Å²) in [7, 11) is 0. The van der Waals surface area contributed by atoms with Crippen LogP contribution in [-0.4, -0.2) is 42.2 Å². The number of thioether (sulfide) groups is 1. The smallest absolute Gasteiger partial charge is 0.325 e. The Labute approximate surface area is 121 Å². The molecule has 1 aromatic rings. The molecular weight excluding hydrogens is 282 g/mol.